The molecule has 94 valence electrons. The molecule has 0 saturated carbocycles. The summed E-state index contributed by atoms with van der Waals surface area (Å²) in [5, 5.41) is 0. The van der Waals surface area contributed by atoms with E-state index in [-0.39, 0.29) is 0 Å². The van der Waals surface area contributed by atoms with Crippen LogP contribution in [0, 0.1) is 0 Å². The van der Waals surface area contributed by atoms with Gasteiger partial charge in [-0.3, -0.25) is 4.98 Å². The molecule has 0 aliphatic carbocycles. The van der Waals surface area contributed by atoms with Crippen molar-refractivity contribution in [3.63, 3.8) is 0 Å². The highest BCUT2D eigenvalue weighted by Crippen LogP contribution is 2.24. The lowest BCUT2D eigenvalue weighted by Gasteiger charge is -2.22. The first-order valence-corrected chi connectivity index (χ1v) is 6.44. The molecule has 1 saturated heterocycles. The maximum atomic E-state index is 4.37. The normalized spacial score (nSPS) is 20.6. The van der Waals surface area contributed by atoms with Crippen LogP contribution in [0.25, 0.3) is 0 Å². The zero-order valence-electron chi connectivity index (χ0n) is 11.3. The van der Waals surface area contributed by atoms with Crippen molar-refractivity contribution in [2.75, 3.05) is 32.1 Å². The van der Waals surface area contributed by atoms with Crippen LogP contribution in [0.1, 0.15) is 31.7 Å². The first-order valence-electron chi connectivity index (χ1n) is 6.44. The Morgan fingerprint density at radius 2 is 2.12 bits per heavy atom. The Bertz CT molecular complexity index is 373. The average Bonchev–Trinajstić information content (AvgIpc) is 2.78. The van der Waals surface area contributed by atoms with E-state index in [1.165, 1.54) is 17.7 Å². The van der Waals surface area contributed by atoms with Gasteiger partial charge in [0.2, 0.25) is 0 Å². The molecule has 0 aromatic carbocycles. The maximum Gasteiger partial charge on any atom is 0.0556 e. The fourth-order valence-corrected chi connectivity index (χ4v) is 2.33. The van der Waals surface area contributed by atoms with Gasteiger partial charge in [-0.1, -0.05) is 13.8 Å². The molecule has 2 rings (SSSR count). The predicted octanol–water partition coefficient (Wildman–Crippen LogP) is 2.35. The Morgan fingerprint density at radius 3 is 2.71 bits per heavy atom. The molecule has 3 heteroatoms. The van der Waals surface area contributed by atoms with Crippen molar-refractivity contribution in [1.29, 1.82) is 0 Å². The summed E-state index contributed by atoms with van der Waals surface area (Å²) in [5.74, 6) is 0.551. The molecule has 1 atom stereocenters. The van der Waals surface area contributed by atoms with Crippen LogP contribution < -0.4 is 4.90 Å². The lowest BCUT2D eigenvalue weighted by molar-refractivity contribution is 0.315. The van der Waals surface area contributed by atoms with E-state index < -0.39 is 0 Å². The minimum Gasteiger partial charge on any atom is -0.369 e. The summed E-state index contributed by atoms with van der Waals surface area (Å²) in [7, 11) is 4.33. The Kier molecular flexibility index (Phi) is 3.67. The third-order valence-corrected chi connectivity index (χ3v) is 3.67. The lowest BCUT2D eigenvalue weighted by atomic mass is 10.1. The quantitative estimate of drug-likeness (QED) is 0.799. The van der Waals surface area contributed by atoms with Gasteiger partial charge in [-0.2, -0.15) is 0 Å². The molecule has 2 heterocycles. The smallest absolute Gasteiger partial charge is 0.0556 e. The second kappa shape index (κ2) is 5.05. The molecule has 1 aromatic rings. The first-order chi connectivity index (χ1) is 8.08. The second-order valence-electron chi connectivity index (χ2n) is 5.48. The summed E-state index contributed by atoms with van der Waals surface area (Å²) in [5.41, 5.74) is 2.61. The van der Waals surface area contributed by atoms with Crippen LogP contribution in [0.2, 0.25) is 0 Å². The van der Waals surface area contributed by atoms with Crippen molar-refractivity contribution < 1.29 is 0 Å². The summed E-state index contributed by atoms with van der Waals surface area (Å²) < 4.78 is 0. The fourth-order valence-electron chi connectivity index (χ4n) is 2.33. The van der Waals surface area contributed by atoms with Gasteiger partial charge in [-0.05, 0) is 38.1 Å². The monoisotopic (exact) mass is 233 g/mol. The number of rotatable bonds is 3. The molecule has 3 nitrogen and oxygen atoms in total. The number of likely N-dealkylation sites (N-methyl/N-ethyl adjacent to an activating group) is 1. The zero-order valence-corrected chi connectivity index (χ0v) is 11.3. The Hall–Kier alpha value is -1.09. The van der Waals surface area contributed by atoms with Crippen molar-refractivity contribution in [3.8, 4) is 0 Å². The minimum absolute atomic E-state index is 0.551. The molecule has 1 aromatic heterocycles. The van der Waals surface area contributed by atoms with Gasteiger partial charge in [0, 0.05) is 25.3 Å². The maximum absolute atomic E-state index is 4.37. The number of hydrogen-bond acceptors (Lipinski definition) is 3. The van der Waals surface area contributed by atoms with Crippen molar-refractivity contribution >= 4 is 5.69 Å². The van der Waals surface area contributed by atoms with Gasteiger partial charge in [-0.15, -0.1) is 0 Å². The van der Waals surface area contributed by atoms with Crippen LogP contribution in [-0.2, 0) is 0 Å². The second-order valence-corrected chi connectivity index (χ2v) is 5.48. The number of anilines is 1. The van der Waals surface area contributed by atoms with Gasteiger partial charge in [0.05, 0.1) is 11.9 Å². The van der Waals surface area contributed by atoms with E-state index in [1.54, 1.807) is 0 Å². The van der Waals surface area contributed by atoms with Crippen molar-refractivity contribution in [1.82, 2.24) is 9.88 Å². The van der Waals surface area contributed by atoms with Crippen molar-refractivity contribution in [2.24, 2.45) is 0 Å². The van der Waals surface area contributed by atoms with E-state index >= 15 is 0 Å². The molecule has 1 fully saturated rings. The van der Waals surface area contributed by atoms with Crippen LogP contribution in [0.3, 0.4) is 0 Å². The van der Waals surface area contributed by atoms with E-state index in [0.717, 1.165) is 13.1 Å². The van der Waals surface area contributed by atoms with Crippen LogP contribution in [-0.4, -0.2) is 43.1 Å². The number of nitrogens with zero attached hydrogens (tertiary/aromatic N) is 3. The highest BCUT2D eigenvalue weighted by molar-refractivity contribution is 5.48. The van der Waals surface area contributed by atoms with Gasteiger partial charge in [-0.25, -0.2) is 0 Å². The van der Waals surface area contributed by atoms with E-state index in [1.807, 2.05) is 12.4 Å². The highest BCUT2D eigenvalue weighted by Gasteiger charge is 2.24. The first kappa shape index (κ1) is 12.4. The number of pyridine rings is 1. The zero-order chi connectivity index (χ0) is 12.4. The van der Waals surface area contributed by atoms with Crippen LogP contribution in [0.15, 0.2) is 18.5 Å². The Balaban J connectivity index is 2.11. The highest BCUT2D eigenvalue weighted by atomic mass is 15.2. The third kappa shape index (κ3) is 2.78. The van der Waals surface area contributed by atoms with E-state index in [9.17, 15) is 0 Å². The van der Waals surface area contributed by atoms with Gasteiger partial charge >= 0.3 is 0 Å². The fraction of sp³-hybridized carbons (Fsp3) is 0.643. The molecule has 0 radical (unpaired) electrons. The molecular formula is C14H23N3. The molecule has 1 aliphatic heterocycles. The number of aromatic nitrogens is 1. The molecule has 1 aliphatic rings. The molecule has 1 unspecified atom stereocenters. The standard InChI is InChI=1S/C14H23N3/c1-11(2)12-7-14(9-15-8-12)17-6-5-13(10-17)16(3)4/h7-9,11,13H,5-6,10H2,1-4H3. The van der Waals surface area contributed by atoms with Crippen molar-refractivity contribution in [3.05, 3.63) is 24.0 Å². The van der Waals surface area contributed by atoms with Gasteiger partial charge in [0.1, 0.15) is 0 Å². The van der Waals surface area contributed by atoms with E-state index in [4.69, 9.17) is 0 Å². The number of hydrogen-bond donors (Lipinski definition) is 0. The van der Waals surface area contributed by atoms with Crippen LogP contribution in [0.5, 0.6) is 0 Å². The van der Waals surface area contributed by atoms with E-state index in [2.05, 4.69) is 48.8 Å². The molecular weight excluding hydrogens is 210 g/mol. The molecule has 0 N–H and O–H groups in total. The summed E-state index contributed by atoms with van der Waals surface area (Å²) >= 11 is 0. The summed E-state index contributed by atoms with van der Waals surface area (Å²) in [6.07, 6.45) is 5.22. The molecule has 17 heavy (non-hydrogen) atoms. The minimum atomic E-state index is 0.551. The molecule has 0 spiro atoms. The Morgan fingerprint density at radius 1 is 1.35 bits per heavy atom. The van der Waals surface area contributed by atoms with Gasteiger partial charge < -0.3 is 9.80 Å². The lowest BCUT2D eigenvalue weighted by Crippen LogP contribution is -2.31. The predicted molar refractivity (Wildman–Crippen MR) is 72.6 cm³/mol. The summed E-state index contributed by atoms with van der Waals surface area (Å²) in [4.78, 5) is 9.13. The summed E-state index contributed by atoms with van der Waals surface area (Å²) in [6, 6.07) is 2.97. The average molecular weight is 233 g/mol. The van der Waals surface area contributed by atoms with Gasteiger partial charge in [0.25, 0.3) is 0 Å². The topological polar surface area (TPSA) is 19.4 Å². The van der Waals surface area contributed by atoms with Crippen LogP contribution >= 0.6 is 0 Å². The largest absolute Gasteiger partial charge is 0.369 e. The summed E-state index contributed by atoms with van der Waals surface area (Å²) in [6.45, 7) is 6.70. The molecule has 0 bridgehead atoms. The van der Waals surface area contributed by atoms with Crippen molar-refractivity contribution in [2.45, 2.75) is 32.2 Å². The SMILES string of the molecule is CC(C)c1cncc(N2CCC(N(C)C)C2)c1. The van der Waals surface area contributed by atoms with Gasteiger partial charge in [0.15, 0.2) is 0 Å². The van der Waals surface area contributed by atoms with Crippen LogP contribution in [0.4, 0.5) is 5.69 Å². The van der Waals surface area contributed by atoms with E-state index in [0.29, 0.717) is 12.0 Å². The third-order valence-electron chi connectivity index (χ3n) is 3.67. The molecule has 0 amide bonds. The Labute approximate surface area is 104 Å².